The van der Waals surface area contributed by atoms with Gasteiger partial charge in [-0.2, -0.15) is 5.10 Å². The van der Waals surface area contributed by atoms with Crippen LogP contribution in [-0.2, 0) is 0 Å². The number of fused-ring (bicyclic) bond motifs is 1. The number of hydrazone groups is 1. The number of H-pyrrole nitrogens is 1. The standard InChI is InChI=1S/C31H25N5O5/c1-35(2)24-16-17-26-25(18-24)28(20-8-4-3-5-9-20)29(33-26)30(37)34-32-19-22-10-6-7-11-27(22)41-31(38)21-12-14-23(15-13-21)36(39)40/h3-19,33H,1-2H3,(H,34,37). The maximum Gasteiger partial charge on any atom is 0.343 e. The van der Waals surface area contributed by atoms with Crippen LogP contribution < -0.4 is 15.1 Å². The number of para-hydroxylation sites is 1. The van der Waals surface area contributed by atoms with Crippen molar-refractivity contribution in [2.45, 2.75) is 0 Å². The van der Waals surface area contributed by atoms with Gasteiger partial charge in [0.25, 0.3) is 11.6 Å². The van der Waals surface area contributed by atoms with Gasteiger partial charge in [0.15, 0.2) is 0 Å². The minimum absolute atomic E-state index is 0.131. The molecule has 1 heterocycles. The zero-order valence-corrected chi connectivity index (χ0v) is 22.2. The summed E-state index contributed by atoms with van der Waals surface area (Å²) in [5.74, 6) is -0.920. The number of benzene rings is 4. The number of hydrogen-bond acceptors (Lipinski definition) is 7. The van der Waals surface area contributed by atoms with Crippen LogP contribution in [0.4, 0.5) is 11.4 Å². The Labute approximate surface area is 235 Å². The highest BCUT2D eigenvalue weighted by Gasteiger charge is 2.20. The van der Waals surface area contributed by atoms with Gasteiger partial charge < -0.3 is 14.6 Å². The van der Waals surface area contributed by atoms with Gasteiger partial charge in [0.05, 0.1) is 16.7 Å². The maximum atomic E-state index is 13.3. The number of ether oxygens (including phenoxy) is 1. The molecule has 204 valence electrons. The van der Waals surface area contributed by atoms with Gasteiger partial charge in [-0.05, 0) is 48.0 Å². The van der Waals surface area contributed by atoms with Crippen molar-refractivity contribution in [1.82, 2.24) is 10.4 Å². The maximum absolute atomic E-state index is 13.3. The van der Waals surface area contributed by atoms with Crippen molar-refractivity contribution in [3.05, 3.63) is 124 Å². The fourth-order valence-corrected chi connectivity index (χ4v) is 4.31. The number of nitrogens with zero attached hydrogens (tertiary/aromatic N) is 3. The molecule has 0 spiro atoms. The number of nitro benzene ring substituents is 1. The Bertz CT molecular complexity index is 1780. The Morgan fingerprint density at radius 2 is 1.66 bits per heavy atom. The third kappa shape index (κ3) is 5.81. The number of carbonyl (C=O) groups is 2. The quantitative estimate of drug-likeness (QED) is 0.0831. The first-order valence-corrected chi connectivity index (χ1v) is 12.6. The van der Waals surface area contributed by atoms with Crippen LogP contribution in [0.5, 0.6) is 5.75 Å². The van der Waals surface area contributed by atoms with E-state index in [1.807, 2.05) is 67.5 Å². The molecule has 0 saturated heterocycles. The first-order valence-electron chi connectivity index (χ1n) is 12.6. The average molecular weight is 548 g/mol. The molecule has 5 aromatic rings. The van der Waals surface area contributed by atoms with Gasteiger partial charge in [-0.3, -0.25) is 14.9 Å². The van der Waals surface area contributed by atoms with Crippen molar-refractivity contribution in [3.8, 4) is 16.9 Å². The summed E-state index contributed by atoms with van der Waals surface area (Å²) < 4.78 is 5.50. The molecule has 4 aromatic carbocycles. The number of aromatic amines is 1. The minimum Gasteiger partial charge on any atom is -0.422 e. The molecule has 0 aliphatic carbocycles. The Morgan fingerprint density at radius 1 is 0.951 bits per heavy atom. The molecule has 0 aliphatic heterocycles. The van der Waals surface area contributed by atoms with Crippen LogP contribution >= 0.6 is 0 Å². The SMILES string of the molecule is CN(C)c1ccc2[nH]c(C(=O)NN=Cc3ccccc3OC(=O)c3ccc([N+](=O)[O-])cc3)c(-c3ccccc3)c2c1. The van der Waals surface area contributed by atoms with E-state index in [0.29, 0.717) is 11.3 Å². The number of aromatic nitrogens is 1. The zero-order valence-electron chi connectivity index (χ0n) is 22.2. The number of nitrogens with one attached hydrogen (secondary N) is 2. The number of carbonyl (C=O) groups excluding carboxylic acids is 2. The smallest absolute Gasteiger partial charge is 0.343 e. The van der Waals surface area contributed by atoms with E-state index in [0.717, 1.165) is 27.7 Å². The Balaban J connectivity index is 1.38. The van der Waals surface area contributed by atoms with Crippen LogP contribution in [0.2, 0.25) is 0 Å². The summed E-state index contributed by atoms with van der Waals surface area (Å²) in [4.78, 5) is 41.5. The molecule has 0 radical (unpaired) electrons. The van der Waals surface area contributed by atoms with Crippen molar-refractivity contribution in [2.75, 3.05) is 19.0 Å². The van der Waals surface area contributed by atoms with Gasteiger partial charge in [0, 0.05) is 53.9 Å². The fraction of sp³-hybridized carbons (Fsp3) is 0.0645. The second-order valence-electron chi connectivity index (χ2n) is 9.30. The van der Waals surface area contributed by atoms with Crippen LogP contribution in [-0.4, -0.2) is 42.1 Å². The van der Waals surface area contributed by atoms with Crippen molar-refractivity contribution in [2.24, 2.45) is 5.10 Å². The Kier molecular flexibility index (Phi) is 7.55. The Hall–Kier alpha value is -5.77. The van der Waals surface area contributed by atoms with Crippen LogP contribution in [0.1, 0.15) is 26.4 Å². The molecule has 10 nitrogen and oxygen atoms in total. The molecule has 41 heavy (non-hydrogen) atoms. The van der Waals surface area contributed by atoms with E-state index < -0.39 is 16.8 Å². The van der Waals surface area contributed by atoms with Crippen molar-refractivity contribution >= 4 is 40.4 Å². The second-order valence-corrected chi connectivity index (χ2v) is 9.30. The average Bonchev–Trinajstić information content (AvgIpc) is 3.37. The van der Waals surface area contributed by atoms with Gasteiger partial charge >= 0.3 is 5.97 Å². The van der Waals surface area contributed by atoms with Crippen LogP contribution in [0.25, 0.3) is 22.0 Å². The van der Waals surface area contributed by atoms with Crippen molar-refractivity contribution in [3.63, 3.8) is 0 Å². The number of esters is 1. The lowest BCUT2D eigenvalue weighted by Crippen LogP contribution is -2.19. The monoisotopic (exact) mass is 547 g/mol. The molecule has 1 amide bonds. The summed E-state index contributed by atoms with van der Waals surface area (Å²) in [6.45, 7) is 0. The summed E-state index contributed by atoms with van der Waals surface area (Å²) in [6, 6.07) is 27.4. The number of rotatable bonds is 8. The van der Waals surface area contributed by atoms with E-state index in [-0.39, 0.29) is 17.0 Å². The molecule has 0 atom stereocenters. The van der Waals surface area contributed by atoms with Crippen LogP contribution in [0.3, 0.4) is 0 Å². The summed E-state index contributed by atoms with van der Waals surface area (Å²) >= 11 is 0. The normalized spacial score (nSPS) is 11.0. The molecule has 0 fully saturated rings. The largest absolute Gasteiger partial charge is 0.422 e. The van der Waals surface area contributed by atoms with Gasteiger partial charge in [0.1, 0.15) is 11.4 Å². The molecule has 10 heteroatoms. The van der Waals surface area contributed by atoms with Gasteiger partial charge in [-0.1, -0.05) is 42.5 Å². The summed E-state index contributed by atoms with van der Waals surface area (Å²) in [5, 5.41) is 15.9. The minimum atomic E-state index is -0.688. The highest BCUT2D eigenvalue weighted by atomic mass is 16.6. The van der Waals surface area contributed by atoms with E-state index in [9.17, 15) is 19.7 Å². The van der Waals surface area contributed by atoms with E-state index in [4.69, 9.17) is 4.74 Å². The second kappa shape index (κ2) is 11.5. The lowest BCUT2D eigenvalue weighted by molar-refractivity contribution is -0.384. The number of amides is 1. The summed E-state index contributed by atoms with van der Waals surface area (Å²) in [7, 11) is 3.92. The van der Waals surface area contributed by atoms with E-state index in [1.165, 1.54) is 30.5 Å². The molecular formula is C31H25N5O5. The molecule has 0 aliphatic rings. The lowest BCUT2D eigenvalue weighted by Gasteiger charge is -2.12. The van der Waals surface area contributed by atoms with E-state index in [2.05, 4.69) is 15.5 Å². The van der Waals surface area contributed by atoms with E-state index >= 15 is 0 Å². The van der Waals surface area contributed by atoms with Gasteiger partial charge in [-0.25, -0.2) is 10.2 Å². The molecule has 0 unspecified atom stereocenters. The third-order valence-electron chi connectivity index (χ3n) is 6.39. The Morgan fingerprint density at radius 3 is 2.37 bits per heavy atom. The van der Waals surface area contributed by atoms with Crippen molar-refractivity contribution < 1.29 is 19.2 Å². The predicted octanol–water partition coefficient (Wildman–Crippen LogP) is 5.79. The molecule has 2 N–H and O–H groups in total. The predicted molar refractivity (Wildman–Crippen MR) is 158 cm³/mol. The van der Waals surface area contributed by atoms with E-state index in [1.54, 1.807) is 24.3 Å². The topological polar surface area (TPSA) is 130 Å². The highest BCUT2D eigenvalue weighted by molar-refractivity contribution is 6.10. The third-order valence-corrected chi connectivity index (χ3v) is 6.39. The molecule has 0 bridgehead atoms. The zero-order chi connectivity index (χ0) is 28.9. The molecular weight excluding hydrogens is 522 g/mol. The van der Waals surface area contributed by atoms with Crippen LogP contribution in [0, 0.1) is 10.1 Å². The molecule has 1 aromatic heterocycles. The lowest BCUT2D eigenvalue weighted by atomic mass is 10.0. The number of hydrogen-bond donors (Lipinski definition) is 2. The van der Waals surface area contributed by atoms with Crippen molar-refractivity contribution in [1.29, 1.82) is 0 Å². The highest BCUT2D eigenvalue weighted by Crippen LogP contribution is 2.34. The first kappa shape index (κ1) is 26.8. The fourth-order valence-electron chi connectivity index (χ4n) is 4.31. The summed E-state index contributed by atoms with van der Waals surface area (Å²) in [5.41, 5.74) is 6.84. The summed E-state index contributed by atoms with van der Waals surface area (Å²) in [6.07, 6.45) is 1.38. The number of anilines is 1. The molecule has 5 rings (SSSR count). The van der Waals surface area contributed by atoms with Gasteiger partial charge in [0.2, 0.25) is 0 Å². The van der Waals surface area contributed by atoms with Gasteiger partial charge in [-0.15, -0.1) is 0 Å². The molecule has 0 saturated carbocycles. The first-order chi connectivity index (χ1) is 19.8. The number of non-ortho nitro benzene ring substituents is 1. The van der Waals surface area contributed by atoms with Crippen LogP contribution in [0.15, 0.2) is 102 Å². The number of nitro groups is 1.